The van der Waals surface area contributed by atoms with Gasteiger partial charge in [-0.05, 0) is 31.2 Å². The molecular formula is C16H21FN4O2S. The predicted molar refractivity (Wildman–Crippen MR) is 88.6 cm³/mol. The van der Waals surface area contributed by atoms with E-state index in [9.17, 15) is 12.8 Å². The number of benzene rings is 1. The molecule has 1 aromatic heterocycles. The van der Waals surface area contributed by atoms with E-state index in [4.69, 9.17) is 0 Å². The van der Waals surface area contributed by atoms with Gasteiger partial charge in [0.25, 0.3) is 0 Å². The first kappa shape index (κ1) is 17.1. The molecule has 0 bridgehead atoms. The molecule has 0 spiro atoms. The van der Waals surface area contributed by atoms with E-state index in [-0.39, 0.29) is 4.90 Å². The highest BCUT2D eigenvalue weighted by Crippen LogP contribution is 2.18. The fraction of sp³-hybridized carbons (Fsp3) is 0.438. The molecule has 2 heterocycles. The number of rotatable bonds is 5. The van der Waals surface area contributed by atoms with Crippen molar-refractivity contribution in [2.24, 2.45) is 0 Å². The summed E-state index contributed by atoms with van der Waals surface area (Å²) in [7, 11) is -3.54. The number of nitrogens with zero attached hydrogens (tertiary/aromatic N) is 4. The molecule has 1 aliphatic heterocycles. The first-order valence-corrected chi connectivity index (χ1v) is 9.36. The summed E-state index contributed by atoms with van der Waals surface area (Å²) in [5.41, 5.74) is 0. The maximum absolute atomic E-state index is 13.0. The van der Waals surface area contributed by atoms with Crippen LogP contribution in [0.1, 0.15) is 5.82 Å². The van der Waals surface area contributed by atoms with Crippen molar-refractivity contribution in [3.63, 3.8) is 0 Å². The highest BCUT2D eigenvalue weighted by atomic mass is 32.2. The maximum Gasteiger partial charge on any atom is 0.243 e. The van der Waals surface area contributed by atoms with Crippen molar-refractivity contribution in [3.05, 3.63) is 48.3 Å². The van der Waals surface area contributed by atoms with Crippen molar-refractivity contribution >= 4 is 10.0 Å². The Bertz CT molecular complexity index is 781. The van der Waals surface area contributed by atoms with Crippen LogP contribution in [-0.2, 0) is 16.6 Å². The van der Waals surface area contributed by atoms with Gasteiger partial charge in [-0.3, -0.25) is 4.90 Å². The highest BCUT2D eigenvalue weighted by Gasteiger charge is 2.28. The van der Waals surface area contributed by atoms with Gasteiger partial charge in [-0.25, -0.2) is 17.8 Å². The zero-order valence-corrected chi connectivity index (χ0v) is 14.4. The second kappa shape index (κ2) is 7.00. The molecule has 2 aromatic rings. The Morgan fingerprint density at radius 2 is 1.75 bits per heavy atom. The zero-order valence-electron chi connectivity index (χ0n) is 13.6. The van der Waals surface area contributed by atoms with Gasteiger partial charge in [0.1, 0.15) is 11.6 Å². The van der Waals surface area contributed by atoms with Crippen molar-refractivity contribution in [2.75, 3.05) is 32.7 Å². The van der Waals surface area contributed by atoms with Crippen LogP contribution in [0.5, 0.6) is 0 Å². The van der Waals surface area contributed by atoms with E-state index in [1.54, 1.807) is 6.20 Å². The summed E-state index contributed by atoms with van der Waals surface area (Å²) in [5, 5.41) is 0. The summed E-state index contributed by atoms with van der Waals surface area (Å²) in [6, 6.07) is 4.99. The van der Waals surface area contributed by atoms with Gasteiger partial charge in [-0.1, -0.05) is 0 Å². The molecule has 0 saturated carbocycles. The standard InChI is InChI=1S/C16H21FN4O2S/c1-14-18-6-7-20(14)11-8-19-9-12-21(13-10-19)24(22,23)16-4-2-15(17)3-5-16/h2-7H,8-13H2,1H3. The summed E-state index contributed by atoms with van der Waals surface area (Å²) in [6.45, 7) is 5.94. The lowest BCUT2D eigenvalue weighted by atomic mass is 10.3. The van der Waals surface area contributed by atoms with E-state index in [1.165, 1.54) is 28.6 Å². The monoisotopic (exact) mass is 352 g/mol. The van der Waals surface area contributed by atoms with Crippen LogP contribution in [0.15, 0.2) is 41.6 Å². The summed E-state index contributed by atoms with van der Waals surface area (Å²) in [4.78, 5) is 6.59. The van der Waals surface area contributed by atoms with Crippen LogP contribution >= 0.6 is 0 Å². The van der Waals surface area contributed by atoms with Gasteiger partial charge in [0.05, 0.1) is 4.90 Å². The molecule has 0 amide bonds. The van der Waals surface area contributed by atoms with E-state index in [0.29, 0.717) is 26.2 Å². The second-order valence-electron chi connectivity index (χ2n) is 5.87. The van der Waals surface area contributed by atoms with Gasteiger partial charge < -0.3 is 4.57 Å². The predicted octanol–water partition coefficient (Wildman–Crippen LogP) is 1.34. The molecular weight excluding hydrogens is 331 g/mol. The van der Waals surface area contributed by atoms with Crippen LogP contribution in [0, 0.1) is 12.7 Å². The molecule has 1 saturated heterocycles. The van der Waals surface area contributed by atoms with E-state index in [0.717, 1.165) is 18.9 Å². The normalized spacial score (nSPS) is 17.2. The Balaban J connectivity index is 1.56. The molecule has 130 valence electrons. The molecule has 1 aromatic carbocycles. The lowest BCUT2D eigenvalue weighted by molar-refractivity contribution is 0.182. The number of aryl methyl sites for hydroxylation is 1. The molecule has 0 atom stereocenters. The third kappa shape index (κ3) is 3.66. The molecule has 6 nitrogen and oxygen atoms in total. The quantitative estimate of drug-likeness (QED) is 0.815. The molecule has 0 N–H and O–H groups in total. The number of halogens is 1. The average molecular weight is 352 g/mol. The van der Waals surface area contributed by atoms with Gasteiger partial charge >= 0.3 is 0 Å². The van der Waals surface area contributed by atoms with E-state index in [1.807, 2.05) is 13.1 Å². The Hall–Kier alpha value is -1.77. The minimum Gasteiger partial charge on any atom is -0.334 e. The first-order chi connectivity index (χ1) is 11.5. The van der Waals surface area contributed by atoms with E-state index in [2.05, 4.69) is 14.5 Å². The first-order valence-electron chi connectivity index (χ1n) is 7.92. The Morgan fingerprint density at radius 3 is 2.33 bits per heavy atom. The molecule has 8 heteroatoms. The van der Waals surface area contributed by atoms with Crippen molar-refractivity contribution in [1.82, 2.24) is 18.8 Å². The van der Waals surface area contributed by atoms with Gasteiger partial charge in [-0.2, -0.15) is 4.31 Å². The summed E-state index contributed by atoms with van der Waals surface area (Å²) in [5.74, 6) is 0.543. The summed E-state index contributed by atoms with van der Waals surface area (Å²) in [6.07, 6.45) is 3.73. The van der Waals surface area contributed by atoms with Crippen molar-refractivity contribution in [3.8, 4) is 0 Å². The zero-order chi connectivity index (χ0) is 17.2. The Morgan fingerprint density at radius 1 is 1.08 bits per heavy atom. The number of sulfonamides is 1. The second-order valence-corrected chi connectivity index (χ2v) is 7.81. The topological polar surface area (TPSA) is 58.4 Å². The van der Waals surface area contributed by atoms with Gasteiger partial charge in [0.2, 0.25) is 10.0 Å². The van der Waals surface area contributed by atoms with Gasteiger partial charge in [0, 0.05) is 51.7 Å². The van der Waals surface area contributed by atoms with Crippen LogP contribution in [-0.4, -0.2) is 59.9 Å². The third-order valence-corrected chi connectivity index (χ3v) is 6.28. The van der Waals surface area contributed by atoms with Crippen LogP contribution in [0.3, 0.4) is 0 Å². The van der Waals surface area contributed by atoms with Gasteiger partial charge in [0.15, 0.2) is 0 Å². The number of hydrogen-bond donors (Lipinski definition) is 0. The van der Waals surface area contributed by atoms with Crippen LogP contribution in [0.4, 0.5) is 4.39 Å². The Kier molecular flexibility index (Phi) is 4.98. The van der Waals surface area contributed by atoms with E-state index < -0.39 is 15.8 Å². The fourth-order valence-corrected chi connectivity index (χ4v) is 4.26. The molecule has 24 heavy (non-hydrogen) atoms. The molecule has 0 unspecified atom stereocenters. The smallest absolute Gasteiger partial charge is 0.243 e. The average Bonchev–Trinajstić information content (AvgIpc) is 2.99. The molecule has 1 fully saturated rings. The number of aromatic nitrogens is 2. The summed E-state index contributed by atoms with van der Waals surface area (Å²) >= 11 is 0. The number of piperazine rings is 1. The number of hydrogen-bond acceptors (Lipinski definition) is 4. The van der Waals surface area contributed by atoms with Crippen molar-refractivity contribution in [2.45, 2.75) is 18.4 Å². The summed E-state index contributed by atoms with van der Waals surface area (Å²) < 4.78 is 41.7. The van der Waals surface area contributed by atoms with Crippen LogP contribution < -0.4 is 0 Å². The van der Waals surface area contributed by atoms with Crippen molar-refractivity contribution in [1.29, 1.82) is 0 Å². The third-order valence-electron chi connectivity index (χ3n) is 4.36. The van der Waals surface area contributed by atoms with Crippen LogP contribution in [0.25, 0.3) is 0 Å². The lowest BCUT2D eigenvalue weighted by Crippen LogP contribution is -2.49. The Labute approximate surface area is 141 Å². The highest BCUT2D eigenvalue weighted by molar-refractivity contribution is 7.89. The SMILES string of the molecule is Cc1nccn1CCN1CCN(S(=O)(=O)c2ccc(F)cc2)CC1. The largest absolute Gasteiger partial charge is 0.334 e. The lowest BCUT2D eigenvalue weighted by Gasteiger charge is -2.34. The number of imidazole rings is 1. The van der Waals surface area contributed by atoms with Crippen LogP contribution in [0.2, 0.25) is 0 Å². The molecule has 0 radical (unpaired) electrons. The fourth-order valence-electron chi connectivity index (χ4n) is 2.84. The minimum absolute atomic E-state index is 0.145. The minimum atomic E-state index is -3.54. The molecule has 1 aliphatic rings. The van der Waals surface area contributed by atoms with Crippen molar-refractivity contribution < 1.29 is 12.8 Å². The van der Waals surface area contributed by atoms with E-state index >= 15 is 0 Å². The molecule has 3 rings (SSSR count). The molecule has 0 aliphatic carbocycles. The van der Waals surface area contributed by atoms with Gasteiger partial charge in [-0.15, -0.1) is 0 Å². The maximum atomic E-state index is 13.0.